The van der Waals surface area contributed by atoms with Crippen molar-refractivity contribution in [2.24, 2.45) is 0 Å². The maximum Gasteiger partial charge on any atom is 0.259 e. The van der Waals surface area contributed by atoms with E-state index in [2.05, 4.69) is 42.1 Å². The summed E-state index contributed by atoms with van der Waals surface area (Å²) < 4.78 is 6.78. The number of methoxy groups -OCH3 is 1. The molecule has 0 atom stereocenters. The maximum absolute atomic E-state index is 12.8. The molecule has 1 fully saturated rings. The standard InChI is InChI=1S/C20H20Br2ClN3O3/c1-12(27)25-5-7-26(8-6-25)18-4-3-14(11-17(18)23)24-20(28)15-9-13(21)10-16(22)19(15)29-2/h3-4,9-11H,5-8H2,1-2H3,(H,24,28). The highest BCUT2D eigenvalue weighted by Crippen LogP contribution is 2.34. The number of carbonyl (C=O) groups is 2. The number of carbonyl (C=O) groups excluding carboxylic acids is 2. The minimum Gasteiger partial charge on any atom is -0.495 e. The normalized spacial score (nSPS) is 14.0. The number of nitrogens with zero attached hydrogens (tertiary/aromatic N) is 2. The van der Waals surface area contributed by atoms with Gasteiger partial charge in [0.05, 0.1) is 27.9 Å². The molecule has 3 rings (SSSR count). The molecule has 2 aromatic carbocycles. The van der Waals surface area contributed by atoms with Gasteiger partial charge in [-0.2, -0.15) is 0 Å². The molecule has 9 heteroatoms. The quantitative estimate of drug-likeness (QED) is 0.600. The fourth-order valence-electron chi connectivity index (χ4n) is 3.24. The summed E-state index contributed by atoms with van der Waals surface area (Å²) in [5, 5.41) is 3.41. The molecule has 1 aliphatic rings. The first kappa shape index (κ1) is 21.9. The number of nitrogens with one attached hydrogen (secondary N) is 1. The second-order valence-electron chi connectivity index (χ2n) is 6.58. The molecule has 1 saturated heterocycles. The predicted molar refractivity (Wildman–Crippen MR) is 122 cm³/mol. The van der Waals surface area contributed by atoms with Gasteiger partial charge in [-0.3, -0.25) is 9.59 Å². The van der Waals surface area contributed by atoms with Crippen molar-refractivity contribution in [2.75, 3.05) is 43.5 Å². The summed E-state index contributed by atoms with van der Waals surface area (Å²) in [4.78, 5) is 28.2. The van der Waals surface area contributed by atoms with E-state index in [-0.39, 0.29) is 11.8 Å². The van der Waals surface area contributed by atoms with Gasteiger partial charge < -0.3 is 19.9 Å². The first-order valence-electron chi connectivity index (χ1n) is 8.94. The molecular weight excluding hydrogens is 525 g/mol. The Morgan fingerprint density at radius 1 is 1.10 bits per heavy atom. The zero-order valence-corrected chi connectivity index (χ0v) is 19.9. The van der Waals surface area contributed by atoms with Crippen molar-refractivity contribution in [3.8, 4) is 5.75 Å². The highest BCUT2D eigenvalue weighted by molar-refractivity contribution is 9.11. The zero-order chi connectivity index (χ0) is 21.1. The van der Waals surface area contributed by atoms with E-state index in [1.54, 1.807) is 19.1 Å². The first-order valence-corrected chi connectivity index (χ1v) is 10.9. The van der Waals surface area contributed by atoms with E-state index < -0.39 is 0 Å². The minimum absolute atomic E-state index is 0.0865. The number of rotatable bonds is 4. The highest BCUT2D eigenvalue weighted by atomic mass is 79.9. The SMILES string of the molecule is COc1c(Br)cc(Br)cc1C(=O)Nc1ccc(N2CCN(C(C)=O)CC2)c(Cl)c1. The Morgan fingerprint density at radius 2 is 1.79 bits per heavy atom. The van der Waals surface area contributed by atoms with E-state index in [9.17, 15) is 9.59 Å². The topological polar surface area (TPSA) is 61.9 Å². The van der Waals surface area contributed by atoms with Crippen LogP contribution in [0.1, 0.15) is 17.3 Å². The van der Waals surface area contributed by atoms with E-state index >= 15 is 0 Å². The number of ether oxygens (including phenoxy) is 1. The second-order valence-corrected chi connectivity index (χ2v) is 8.76. The molecule has 0 unspecified atom stereocenters. The third-order valence-electron chi connectivity index (χ3n) is 4.73. The third-order valence-corrected chi connectivity index (χ3v) is 6.08. The molecule has 0 saturated carbocycles. The van der Waals surface area contributed by atoms with Crippen LogP contribution < -0.4 is 15.0 Å². The van der Waals surface area contributed by atoms with Gasteiger partial charge in [0, 0.05) is 43.3 Å². The fourth-order valence-corrected chi connectivity index (χ4v) is 4.93. The molecule has 2 amide bonds. The summed E-state index contributed by atoms with van der Waals surface area (Å²) in [5.41, 5.74) is 1.87. The van der Waals surface area contributed by atoms with Crippen molar-refractivity contribution in [2.45, 2.75) is 6.92 Å². The molecule has 2 aromatic rings. The zero-order valence-electron chi connectivity index (χ0n) is 16.0. The molecule has 1 aliphatic heterocycles. The van der Waals surface area contributed by atoms with E-state index in [1.165, 1.54) is 7.11 Å². The van der Waals surface area contributed by atoms with Crippen molar-refractivity contribution < 1.29 is 14.3 Å². The van der Waals surface area contributed by atoms with Gasteiger partial charge in [0.15, 0.2) is 0 Å². The molecule has 1 heterocycles. The van der Waals surface area contributed by atoms with E-state index in [1.807, 2.05) is 23.1 Å². The fraction of sp³-hybridized carbons (Fsp3) is 0.300. The van der Waals surface area contributed by atoms with Crippen LogP contribution in [0.3, 0.4) is 0 Å². The highest BCUT2D eigenvalue weighted by Gasteiger charge is 2.21. The molecule has 0 aromatic heterocycles. The van der Waals surface area contributed by atoms with Crippen molar-refractivity contribution in [3.63, 3.8) is 0 Å². The van der Waals surface area contributed by atoms with E-state index in [4.69, 9.17) is 16.3 Å². The first-order chi connectivity index (χ1) is 13.8. The van der Waals surface area contributed by atoms with Crippen LogP contribution in [0.5, 0.6) is 5.75 Å². The van der Waals surface area contributed by atoms with Crippen molar-refractivity contribution in [1.82, 2.24) is 4.90 Å². The lowest BCUT2D eigenvalue weighted by Gasteiger charge is -2.36. The van der Waals surface area contributed by atoms with Gasteiger partial charge in [-0.1, -0.05) is 27.5 Å². The Bertz CT molecular complexity index is 947. The monoisotopic (exact) mass is 543 g/mol. The van der Waals surface area contributed by atoms with Gasteiger partial charge in [0.2, 0.25) is 5.91 Å². The molecule has 0 radical (unpaired) electrons. The van der Waals surface area contributed by atoms with Gasteiger partial charge in [-0.15, -0.1) is 0 Å². The summed E-state index contributed by atoms with van der Waals surface area (Å²) in [6.07, 6.45) is 0. The third kappa shape index (κ3) is 5.05. The molecule has 154 valence electrons. The van der Waals surface area contributed by atoms with Crippen LogP contribution in [0.2, 0.25) is 5.02 Å². The summed E-state index contributed by atoms with van der Waals surface area (Å²) in [6, 6.07) is 8.94. The van der Waals surface area contributed by atoms with Gasteiger partial charge in [-0.25, -0.2) is 0 Å². The molecule has 1 N–H and O–H groups in total. The van der Waals surface area contributed by atoms with E-state index in [0.29, 0.717) is 52.7 Å². The number of amides is 2. The van der Waals surface area contributed by atoms with Crippen LogP contribution in [-0.2, 0) is 4.79 Å². The lowest BCUT2D eigenvalue weighted by molar-refractivity contribution is -0.129. The van der Waals surface area contributed by atoms with Crippen LogP contribution in [0, 0.1) is 0 Å². The Hall–Kier alpha value is -1.77. The number of hydrogen-bond acceptors (Lipinski definition) is 4. The number of benzene rings is 2. The number of anilines is 2. The lowest BCUT2D eigenvalue weighted by Crippen LogP contribution is -2.48. The van der Waals surface area contributed by atoms with Gasteiger partial charge in [0.25, 0.3) is 5.91 Å². The molecule has 0 aliphatic carbocycles. The van der Waals surface area contributed by atoms with Crippen LogP contribution in [-0.4, -0.2) is 50.0 Å². The van der Waals surface area contributed by atoms with Crippen molar-refractivity contribution in [1.29, 1.82) is 0 Å². The Balaban J connectivity index is 1.75. The summed E-state index contributed by atoms with van der Waals surface area (Å²) in [5.74, 6) is 0.239. The largest absolute Gasteiger partial charge is 0.495 e. The molecule has 6 nitrogen and oxygen atoms in total. The number of piperazine rings is 1. The molecule has 29 heavy (non-hydrogen) atoms. The summed E-state index contributed by atoms with van der Waals surface area (Å²) in [6.45, 7) is 4.35. The van der Waals surface area contributed by atoms with Crippen LogP contribution in [0.15, 0.2) is 39.3 Å². The lowest BCUT2D eigenvalue weighted by atomic mass is 10.1. The average molecular weight is 546 g/mol. The Labute approximate surface area is 191 Å². The summed E-state index contributed by atoms with van der Waals surface area (Å²) >= 11 is 13.3. The minimum atomic E-state index is -0.303. The Morgan fingerprint density at radius 3 is 2.38 bits per heavy atom. The number of hydrogen-bond donors (Lipinski definition) is 1. The Kier molecular flexibility index (Phi) is 7.08. The molecular formula is C20H20Br2ClN3O3. The van der Waals surface area contributed by atoms with Crippen molar-refractivity contribution in [3.05, 3.63) is 49.9 Å². The van der Waals surface area contributed by atoms with E-state index in [0.717, 1.165) is 10.2 Å². The van der Waals surface area contributed by atoms with Crippen LogP contribution in [0.4, 0.5) is 11.4 Å². The van der Waals surface area contributed by atoms with Gasteiger partial charge >= 0.3 is 0 Å². The van der Waals surface area contributed by atoms with Gasteiger partial charge in [-0.05, 0) is 46.3 Å². The summed E-state index contributed by atoms with van der Waals surface area (Å²) in [7, 11) is 1.52. The molecule has 0 spiro atoms. The van der Waals surface area contributed by atoms with Crippen molar-refractivity contribution >= 4 is 66.6 Å². The van der Waals surface area contributed by atoms with Gasteiger partial charge in [0.1, 0.15) is 5.75 Å². The van der Waals surface area contributed by atoms with Crippen LogP contribution in [0.25, 0.3) is 0 Å². The number of halogens is 3. The molecule has 0 bridgehead atoms. The maximum atomic E-state index is 12.8. The predicted octanol–water partition coefficient (Wildman–Crippen LogP) is 4.79. The average Bonchev–Trinajstić information content (AvgIpc) is 2.67. The van der Waals surface area contributed by atoms with Crippen LogP contribution >= 0.6 is 43.5 Å². The second kappa shape index (κ2) is 9.36. The smallest absolute Gasteiger partial charge is 0.259 e.